The van der Waals surface area contributed by atoms with Gasteiger partial charge in [0.05, 0.1) is 11.6 Å². The molecule has 2 aromatic rings. The Bertz CT molecular complexity index is 1010. The molecule has 2 N–H and O–H groups in total. The van der Waals surface area contributed by atoms with Crippen LogP contribution in [-0.4, -0.2) is 39.3 Å². The Balaban J connectivity index is 1.94. The van der Waals surface area contributed by atoms with E-state index in [2.05, 4.69) is 0 Å². The van der Waals surface area contributed by atoms with Gasteiger partial charge in [-0.25, -0.2) is 4.39 Å². The molecule has 30 heavy (non-hydrogen) atoms. The van der Waals surface area contributed by atoms with E-state index in [9.17, 15) is 23.9 Å². The maximum Gasteiger partial charge on any atom is 0.303 e. The maximum absolute atomic E-state index is 13.4. The number of carboxylic acids is 1. The van der Waals surface area contributed by atoms with Crippen molar-refractivity contribution in [3.63, 3.8) is 0 Å². The lowest BCUT2D eigenvalue weighted by molar-refractivity contribution is -0.138. The van der Waals surface area contributed by atoms with E-state index in [0.29, 0.717) is 5.56 Å². The van der Waals surface area contributed by atoms with Gasteiger partial charge in [-0.2, -0.15) is 0 Å². The molecule has 1 atom stereocenters. The van der Waals surface area contributed by atoms with Crippen molar-refractivity contribution >= 4 is 23.7 Å². The van der Waals surface area contributed by atoms with Crippen molar-refractivity contribution in [1.82, 2.24) is 4.90 Å². The lowest BCUT2D eigenvalue weighted by Crippen LogP contribution is -2.32. The van der Waals surface area contributed by atoms with Crippen LogP contribution >= 0.6 is 0 Å². The number of allylic oxidation sites excluding steroid dienone is 1. The van der Waals surface area contributed by atoms with Crippen molar-refractivity contribution in [3.05, 3.63) is 88.9 Å². The first-order chi connectivity index (χ1) is 14.4. The summed E-state index contributed by atoms with van der Waals surface area (Å²) in [7, 11) is 0. The second-order valence-corrected chi connectivity index (χ2v) is 6.82. The molecule has 0 fully saturated rings. The summed E-state index contributed by atoms with van der Waals surface area (Å²) in [6.07, 6.45) is 2.82. The van der Waals surface area contributed by atoms with Crippen LogP contribution in [0.3, 0.4) is 0 Å². The predicted octanol–water partition coefficient (Wildman–Crippen LogP) is 3.67. The van der Waals surface area contributed by atoms with Crippen LogP contribution in [0.2, 0.25) is 0 Å². The Morgan fingerprint density at radius 3 is 2.37 bits per heavy atom. The fourth-order valence-corrected chi connectivity index (χ4v) is 3.35. The number of carbonyl (C=O) groups is 3. The summed E-state index contributed by atoms with van der Waals surface area (Å²) < 4.78 is 13.4. The van der Waals surface area contributed by atoms with E-state index in [0.717, 1.165) is 5.56 Å². The zero-order valence-corrected chi connectivity index (χ0v) is 16.0. The van der Waals surface area contributed by atoms with Gasteiger partial charge in [-0.1, -0.05) is 48.5 Å². The SMILES string of the molecule is O=C(O)CCCN1C(=O)C(O)=C(C(=O)/C=C/c2ccccc2)C1c1ccc(F)cc1. The van der Waals surface area contributed by atoms with Gasteiger partial charge in [0.1, 0.15) is 5.82 Å². The normalized spacial score (nSPS) is 16.5. The number of hydrogen-bond donors (Lipinski definition) is 2. The quantitative estimate of drug-likeness (QED) is 0.649. The van der Waals surface area contributed by atoms with Crippen LogP contribution < -0.4 is 0 Å². The predicted molar refractivity (Wildman–Crippen MR) is 108 cm³/mol. The van der Waals surface area contributed by atoms with Gasteiger partial charge in [-0.15, -0.1) is 0 Å². The summed E-state index contributed by atoms with van der Waals surface area (Å²) in [5.74, 6) is -3.49. The maximum atomic E-state index is 13.4. The molecule has 1 amide bonds. The van der Waals surface area contributed by atoms with E-state index >= 15 is 0 Å². The number of amides is 1. The number of halogens is 1. The fraction of sp³-hybridized carbons (Fsp3) is 0.174. The smallest absolute Gasteiger partial charge is 0.303 e. The Morgan fingerprint density at radius 1 is 1.07 bits per heavy atom. The number of ketones is 1. The third-order valence-electron chi connectivity index (χ3n) is 4.77. The molecule has 0 saturated heterocycles. The number of hydrogen-bond acceptors (Lipinski definition) is 4. The van der Waals surface area contributed by atoms with E-state index in [-0.39, 0.29) is 25.0 Å². The van der Waals surface area contributed by atoms with Crippen molar-refractivity contribution in [3.8, 4) is 0 Å². The number of rotatable bonds is 8. The molecule has 0 aliphatic carbocycles. The minimum atomic E-state index is -1.01. The van der Waals surface area contributed by atoms with Gasteiger partial charge in [0.25, 0.3) is 5.91 Å². The van der Waals surface area contributed by atoms with Crippen molar-refractivity contribution in [2.24, 2.45) is 0 Å². The highest BCUT2D eigenvalue weighted by molar-refractivity contribution is 6.14. The van der Waals surface area contributed by atoms with Crippen LogP contribution in [0.15, 0.2) is 72.0 Å². The molecule has 0 spiro atoms. The first-order valence-electron chi connectivity index (χ1n) is 9.37. The molecular formula is C23H20FNO5. The number of nitrogens with zero attached hydrogens (tertiary/aromatic N) is 1. The van der Waals surface area contributed by atoms with Gasteiger partial charge in [0.15, 0.2) is 11.5 Å². The number of aliphatic carboxylic acids is 1. The zero-order valence-electron chi connectivity index (χ0n) is 16.0. The number of benzene rings is 2. The van der Waals surface area contributed by atoms with E-state index in [1.165, 1.54) is 35.2 Å². The van der Waals surface area contributed by atoms with Crippen LogP contribution in [-0.2, 0) is 14.4 Å². The molecule has 1 aliphatic heterocycles. The fourth-order valence-electron chi connectivity index (χ4n) is 3.35. The highest BCUT2D eigenvalue weighted by atomic mass is 19.1. The minimum Gasteiger partial charge on any atom is -0.503 e. The molecule has 1 heterocycles. The van der Waals surface area contributed by atoms with Crippen LogP contribution in [0.5, 0.6) is 0 Å². The van der Waals surface area contributed by atoms with E-state index < -0.39 is 35.3 Å². The lowest BCUT2D eigenvalue weighted by Gasteiger charge is -2.26. The van der Waals surface area contributed by atoms with Crippen LogP contribution in [0.1, 0.15) is 30.0 Å². The standard InChI is InChI=1S/C23H20FNO5/c24-17-11-9-16(10-12-17)21-20(18(26)13-8-15-5-2-1-3-6-15)22(29)23(30)25(21)14-4-7-19(27)28/h1-3,5-6,8-13,21,29H,4,7,14H2,(H,27,28)/b13-8+. The molecule has 0 bridgehead atoms. The number of aliphatic hydroxyl groups excluding tert-OH is 1. The van der Waals surface area contributed by atoms with Crippen LogP contribution in [0.25, 0.3) is 6.08 Å². The number of carbonyl (C=O) groups excluding carboxylic acids is 2. The van der Waals surface area contributed by atoms with E-state index in [1.54, 1.807) is 18.2 Å². The second-order valence-electron chi connectivity index (χ2n) is 6.82. The van der Waals surface area contributed by atoms with Crippen molar-refractivity contribution in [1.29, 1.82) is 0 Å². The number of aliphatic hydroxyl groups is 1. The highest BCUT2D eigenvalue weighted by Crippen LogP contribution is 2.38. The third-order valence-corrected chi connectivity index (χ3v) is 4.77. The van der Waals surface area contributed by atoms with Crippen molar-refractivity contribution in [2.75, 3.05) is 6.54 Å². The van der Waals surface area contributed by atoms with E-state index in [4.69, 9.17) is 5.11 Å². The number of carboxylic acid groups (broad SMARTS) is 1. The van der Waals surface area contributed by atoms with Gasteiger partial charge in [-0.05, 0) is 35.8 Å². The van der Waals surface area contributed by atoms with Crippen LogP contribution in [0.4, 0.5) is 4.39 Å². The van der Waals surface area contributed by atoms with Crippen molar-refractivity contribution in [2.45, 2.75) is 18.9 Å². The van der Waals surface area contributed by atoms with Crippen LogP contribution in [0, 0.1) is 5.82 Å². The highest BCUT2D eigenvalue weighted by Gasteiger charge is 2.42. The summed E-state index contributed by atoms with van der Waals surface area (Å²) in [6.45, 7) is 0.0242. The largest absolute Gasteiger partial charge is 0.503 e. The summed E-state index contributed by atoms with van der Waals surface area (Å²) in [5, 5.41) is 19.3. The summed E-state index contributed by atoms with van der Waals surface area (Å²) >= 11 is 0. The molecule has 0 radical (unpaired) electrons. The van der Waals surface area contributed by atoms with Gasteiger partial charge >= 0.3 is 5.97 Å². The summed E-state index contributed by atoms with van der Waals surface area (Å²) in [5.41, 5.74) is 1.10. The molecule has 3 rings (SSSR count). The molecule has 6 nitrogen and oxygen atoms in total. The van der Waals surface area contributed by atoms with Crippen molar-refractivity contribution < 1.29 is 29.0 Å². The summed E-state index contributed by atoms with van der Waals surface area (Å²) in [6, 6.07) is 13.4. The first kappa shape index (κ1) is 21.0. The zero-order chi connectivity index (χ0) is 21.7. The molecular weight excluding hydrogens is 389 g/mol. The molecule has 7 heteroatoms. The Morgan fingerprint density at radius 2 is 1.73 bits per heavy atom. The molecule has 154 valence electrons. The molecule has 1 aliphatic rings. The Kier molecular flexibility index (Phi) is 6.41. The topological polar surface area (TPSA) is 94.9 Å². The minimum absolute atomic E-state index is 0.0242. The van der Waals surface area contributed by atoms with E-state index in [1.807, 2.05) is 18.2 Å². The average Bonchev–Trinajstić information content (AvgIpc) is 2.98. The third kappa shape index (κ3) is 4.63. The molecule has 0 saturated carbocycles. The summed E-state index contributed by atoms with van der Waals surface area (Å²) in [4.78, 5) is 37.6. The molecule has 2 aromatic carbocycles. The Labute approximate surface area is 172 Å². The van der Waals surface area contributed by atoms with Gasteiger partial charge in [0, 0.05) is 13.0 Å². The monoisotopic (exact) mass is 409 g/mol. The second kappa shape index (κ2) is 9.17. The van der Waals surface area contributed by atoms with Gasteiger partial charge in [-0.3, -0.25) is 14.4 Å². The molecule has 1 unspecified atom stereocenters. The average molecular weight is 409 g/mol. The van der Waals surface area contributed by atoms with Gasteiger partial charge < -0.3 is 15.1 Å². The van der Waals surface area contributed by atoms with Gasteiger partial charge in [0.2, 0.25) is 0 Å². The lowest BCUT2D eigenvalue weighted by atomic mass is 9.95. The molecule has 0 aromatic heterocycles. The Hall–Kier alpha value is -3.74. The first-order valence-corrected chi connectivity index (χ1v) is 9.37.